The summed E-state index contributed by atoms with van der Waals surface area (Å²) in [7, 11) is 1.71. The van der Waals surface area contributed by atoms with Crippen molar-refractivity contribution in [2.45, 2.75) is 32.4 Å². The molecule has 0 unspecified atom stereocenters. The van der Waals surface area contributed by atoms with Crippen LogP contribution in [0, 0.1) is 6.92 Å². The van der Waals surface area contributed by atoms with Crippen molar-refractivity contribution in [3.63, 3.8) is 0 Å². The molecule has 22 heavy (non-hydrogen) atoms. The van der Waals surface area contributed by atoms with Crippen molar-refractivity contribution >= 4 is 5.69 Å². The standard InChI is InChI=1S/C17H23N3O2/c1-13-6-7-16(22-2)17-15(13)5-3-9-19(17)11-14(21)12-20-10-4-8-18-20/h4,6-8,10,14,21H,3,5,9,11-12H2,1-2H3/t14-/m1/s1. The molecule has 0 radical (unpaired) electrons. The van der Waals surface area contributed by atoms with E-state index in [4.69, 9.17) is 4.74 Å². The highest BCUT2D eigenvalue weighted by Gasteiger charge is 2.24. The Labute approximate surface area is 131 Å². The summed E-state index contributed by atoms with van der Waals surface area (Å²) in [5.41, 5.74) is 3.78. The van der Waals surface area contributed by atoms with Crippen molar-refractivity contribution in [3.8, 4) is 5.75 Å². The van der Waals surface area contributed by atoms with Crippen molar-refractivity contribution in [2.24, 2.45) is 0 Å². The van der Waals surface area contributed by atoms with Gasteiger partial charge in [-0.15, -0.1) is 0 Å². The number of hydrogen-bond acceptors (Lipinski definition) is 4. The fourth-order valence-corrected chi connectivity index (χ4v) is 3.22. The maximum Gasteiger partial charge on any atom is 0.142 e. The number of anilines is 1. The first-order chi connectivity index (χ1) is 10.7. The van der Waals surface area contributed by atoms with Crippen molar-refractivity contribution in [1.29, 1.82) is 0 Å². The third-order valence-electron chi connectivity index (χ3n) is 4.26. The van der Waals surface area contributed by atoms with Crippen LogP contribution >= 0.6 is 0 Å². The van der Waals surface area contributed by atoms with E-state index in [9.17, 15) is 5.11 Å². The van der Waals surface area contributed by atoms with Gasteiger partial charge in [0, 0.05) is 25.5 Å². The van der Waals surface area contributed by atoms with Gasteiger partial charge in [-0.1, -0.05) is 6.07 Å². The zero-order chi connectivity index (χ0) is 15.5. The smallest absolute Gasteiger partial charge is 0.142 e. The molecule has 2 aromatic rings. The van der Waals surface area contributed by atoms with Crippen molar-refractivity contribution < 1.29 is 9.84 Å². The molecule has 0 bridgehead atoms. The number of hydrogen-bond donors (Lipinski definition) is 1. The molecule has 3 rings (SSSR count). The third kappa shape index (κ3) is 2.95. The van der Waals surface area contributed by atoms with E-state index in [1.165, 1.54) is 11.1 Å². The number of aliphatic hydroxyl groups is 1. The first-order valence-corrected chi connectivity index (χ1v) is 7.76. The molecule has 2 heterocycles. The van der Waals surface area contributed by atoms with Crippen LogP contribution in [0.1, 0.15) is 17.5 Å². The summed E-state index contributed by atoms with van der Waals surface area (Å²) in [5.74, 6) is 0.895. The van der Waals surface area contributed by atoms with Crippen LogP contribution < -0.4 is 9.64 Å². The molecule has 0 aliphatic carbocycles. The largest absolute Gasteiger partial charge is 0.495 e. The number of β-amino-alcohol motifs (C(OH)–C–C–N with tert-alkyl or cyclic N) is 1. The Morgan fingerprint density at radius 2 is 2.23 bits per heavy atom. The number of aromatic nitrogens is 2. The van der Waals surface area contributed by atoms with E-state index >= 15 is 0 Å². The van der Waals surface area contributed by atoms with Gasteiger partial charge in [0.15, 0.2) is 0 Å². The van der Waals surface area contributed by atoms with E-state index < -0.39 is 6.10 Å². The number of aliphatic hydroxyl groups excluding tert-OH is 1. The van der Waals surface area contributed by atoms with Gasteiger partial charge < -0.3 is 14.7 Å². The van der Waals surface area contributed by atoms with Gasteiger partial charge in [-0.05, 0) is 43.0 Å². The fraction of sp³-hybridized carbons (Fsp3) is 0.471. The van der Waals surface area contributed by atoms with E-state index in [0.717, 1.165) is 30.8 Å². The maximum atomic E-state index is 10.4. The van der Waals surface area contributed by atoms with E-state index in [1.54, 1.807) is 18.0 Å². The zero-order valence-electron chi connectivity index (χ0n) is 13.2. The summed E-state index contributed by atoms with van der Waals surface area (Å²) >= 11 is 0. The first kappa shape index (κ1) is 14.9. The molecule has 0 saturated heterocycles. The van der Waals surface area contributed by atoms with Gasteiger partial charge in [-0.2, -0.15) is 5.10 Å². The summed E-state index contributed by atoms with van der Waals surface area (Å²) in [6.45, 7) is 4.19. The molecule has 0 spiro atoms. The SMILES string of the molecule is COc1ccc(C)c2c1N(C[C@@H](O)Cn1cccn1)CCC2. The summed E-state index contributed by atoms with van der Waals surface area (Å²) in [6, 6.07) is 6.00. The van der Waals surface area contributed by atoms with E-state index in [0.29, 0.717) is 13.1 Å². The topological polar surface area (TPSA) is 50.5 Å². The second-order valence-electron chi connectivity index (χ2n) is 5.84. The molecule has 1 aliphatic heterocycles. The number of aryl methyl sites for hydroxylation is 1. The molecule has 1 atom stereocenters. The lowest BCUT2D eigenvalue weighted by Gasteiger charge is -2.34. The molecule has 118 valence electrons. The van der Waals surface area contributed by atoms with Crippen LogP contribution in [-0.2, 0) is 13.0 Å². The summed E-state index contributed by atoms with van der Waals surface area (Å²) < 4.78 is 7.31. The van der Waals surface area contributed by atoms with Gasteiger partial charge in [-0.3, -0.25) is 4.68 Å². The van der Waals surface area contributed by atoms with Crippen LogP contribution in [-0.4, -0.2) is 41.2 Å². The molecule has 1 N–H and O–H groups in total. The van der Waals surface area contributed by atoms with Crippen molar-refractivity contribution in [2.75, 3.05) is 25.1 Å². The van der Waals surface area contributed by atoms with Gasteiger partial charge in [-0.25, -0.2) is 0 Å². The highest BCUT2D eigenvalue weighted by molar-refractivity contribution is 5.67. The molecule has 0 saturated carbocycles. The number of fused-ring (bicyclic) bond motifs is 1. The lowest BCUT2D eigenvalue weighted by Crippen LogP contribution is -2.38. The normalized spacial score (nSPS) is 15.5. The molecule has 1 aliphatic rings. The van der Waals surface area contributed by atoms with Gasteiger partial charge >= 0.3 is 0 Å². The van der Waals surface area contributed by atoms with Gasteiger partial charge in [0.05, 0.1) is 25.4 Å². The quantitative estimate of drug-likeness (QED) is 0.918. The van der Waals surface area contributed by atoms with Crippen LogP contribution in [0.2, 0.25) is 0 Å². The number of benzene rings is 1. The minimum atomic E-state index is -0.462. The molecule has 5 heteroatoms. The lowest BCUT2D eigenvalue weighted by molar-refractivity contribution is 0.154. The number of ether oxygens (including phenoxy) is 1. The number of methoxy groups -OCH3 is 1. The second-order valence-corrected chi connectivity index (χ2v) is 5.84. The molecule has 0 fully saturated rings. The molecule has 5 nitrogen and oxygen atoms in total. The Balaban J connectivity index is 1.80. The minimum Gasteiger partial charge on any atom is -0.495 e. The van der Waals surface area contributed by atoms with Crippen LogP contribution in [0.25, 0.3) is 0 Å². The maximum absolute atomic E-state index is 10.4. The minimum absolute atomic E-state index is 0.462. The van der Waals surface area contributed by atoms with E-state index in [2.05, 4.69) is 23.0 Å². The monoisotopic (exact) mass is 301 g/mol. The summed E-state index contributed by atoms with van der Waals surface area (Å²) in [5, 5.41) is 14.5. The Kier molecular flexibility index (Phi) is 4.34. The number of rotatable bonds is 5. The van der Waals surface area contributed by atoms with Gasteiger partial charge in [0.25, 0.3) is 0 Å². The number of nitrogens with zero attached hydrogens (tertiary/aromatic N) is 3. The van der Waals surface area contributed by atoms with Crippen LogP contribution in [0.4, 0.5) is 5.69 Å². The summed E-state index contributed by atoms with van der Waals surface area (Å²) in [4.78, 5) is 2.25. The van der Waals surface area contributed by atoms with Crippen molar-refractivity contribution in [1.82, 2.24) is 9.78 Å². The Morgan fingerprint density at radius 3 is 2.95 bits per heavy atom. The molecular formula is C17H23N3O2. The first-order valence-electron chi connectivity index (χ1n) is 7.76. The van der Waals surface area contributed by atoms with Crippen LogP contribution in [0.5, 0.6) is 5.75 Å². The Morgan fingerprint density at radius 1 is 1.36 bits per heavy atom. The van der Waals surface area contributed by atoms with E-state index in [-0.39, 0.29) is 0 Å². The lowest BCUT2D eigenvalue weighted by atomic mass is 9.96. The average Bonchev–Trinajstić information content (AvgIpc) is 3.01. The van der Waals surface area contributed by atoms with E-state index in [1.807, 2.05) is 18.3 Å². The third-order valence-corrected chi connectivity index (χ3v) is 4.26. The van der Waals surface area contributed by atoms with Gasteiger partial charge in [0.2, 0.25) is 0 Å². The molecule has 1 aromatic carbocycles. The second kappa shape index (κ2) is 6.40. The highest BCUT2D eigenvalue weighted by Crippen LogP contribution is 2.38. The Hall–Kier alpha value is -2.01. The fourth-order valence-electron chi connectivity index (χ4n) is 3.22. The Bertz CT molecular complexity index is 625. The zero-order valence-corrected chi connectivity index (χ0v) is 13.2. The van der Waals surface area contributed by atoms with Crippen LogP contribution in [0.3, 0.4) is 0 Å². The van der Waals surface area contributed by atoms with Crippen LogP contribution in [0.15, 0.2) is 30.6 Å². The highest BCUT2D eigenvalue weighted by atomic mass is 16.5. The summed E-state index contributed by atoms with van der Waals surface area (Å²) in [6.07, 6.45) is 5.32. The average molecular weight is 301 g/mol. The predicted molar refractivity (Wildman–Crippen MR) is 86.5 cm³/mol. The van der Waals surface area contributed by atoms with Gasteiger partial charge in [0.1, 0.15) is 5.75 Å². The molecular weight excluding hydrogens is 278 g/mol. The predicted octanol–water partition coefficient (Wildman–Crippen LogP) is 2.01. The van der Waals surface area contributed by atoms with Crippen molar-refractivity contribution in [3.05, 3.63) is 41.7 Å². The molecule has 1 aromatic heterocycles. The molecule has 0 amide bonds.